The molecule has 1 aromatic carbocycles. The van der Waals surface area contributed by atoms with Gasteiger partial charge in [-0.3, -0.25) is 0 Å². The molecule has 2 rings (SSSR count). The van der Waals surface area contributed by atoms with Crippen LogP contribution in [0.5, 0.6) is 0 Å². The van der Waals surface area contributed by atoms with Crippen LogP contribution in [0.2, 0.25) is 0 Å². The molecule has 82 valence electrons. The van der Waals surface area contributed by atoms with Crippen molar-refractivity contribution < 1.29 is 0 Å². The van der Waals surface area contributed by atoms with Crippen LogP contribution in [-0.2, 0) is 13.0 Å². The number of rotatable bonds is 0. The first-order chi connectivity index (χ1) is 7.25. The minimum absolute atomic E-state index is 1.12. The third-order valence-corrected chi connectivity index (χ3v) is 3.29. The Balaban J connectivity index is 2.25. The molecule has 1 heterocycles. The van der Waals surface area contributed by atoms with Crippen LogP contribution in [0.1, 0.15) is 36.0 Å². The molecule has 1 aliphatic heterocycles. The largest absolute Gasteiger partial charge is 0.302 e. The molecule has 0 bridgehead atoms. The summed E-state index contributed by atoms with van der Waals surface area (Å²) in [5.74, 6) is 0. The van der Waals surface area contributed by atoms with Crippen LogP contribution in [0, 0.1) is 6.92 Å². The van der Waals surface area contributed by atoms with E-state index >= 15 is 0 Å². The van der Waals surface area contributed by atoms with Crippen molar-refractivity contribution in [1.82, 2.24) is 4.90 Å². The zero-order valence-corrected chi connectivity index (χ0v) is 9.92. The Bertz CT molecular complexity index is 330. The summed E-state index contributed by atoms with van der Waals surface area (Å²) >= 11 is 0. The van der Waals surface area contributed by atoms with Gasteiger partial charge in [0.2, 0.25) is 0 Å². The van der Waals surface area contributed by atoms with Crippen LogP contribution >= 0.6 is 0 Å². The quantitative estimate of drug-likeness (QED) is 0.626. The van der Waals surface area contributed by atoms with E-state index in [-0.39, 0.29) is 0 Å². The van der Waals surface area contributed by atoms with Gasteiger partial charge in [0, 0.05) is 6.54 Å². The Kier molecular flexibility index (Phi) is 3.42. The van der Waals surface area contributed by atoms with E-state index in [9.17, 15) is 0 Å². The molecule has 0 atom stereocenters. The first-order valence-electron chi connectivity index (χ1n) is 6.02. The highest BCUT2D eigenvalue weighted by Crippen LogP contribution is 2.18. The lowest BCUT2D eigenvalue weighted by atomic mass is 9.99. The number of hydrogen-bond donors (Lipinski definition) is 0. The molecule has 0 aliphatic carbocycles. The van der Waals surface area contributed by atoms with E-state index in [1.807, 2.05) is 0 Å². The van der Waals surface area contributed by atoms with Crippen LogP contribution < -0.4 is 0 Å². The number of benzene rings is 1. The average Bonchev–Trinajstić information content (AvgIpc) is 2.28. The molecule has 0 spiro atoms. The van der Waals surface area contributed by atoms with E-state index in [2.05, 4.69) is 37.1 Å². The minimum Gasteiger partial charge on any atom is -0.302 e. The summed E-state index contributed by atoms with van der Waals surface area (Å²) < 4.78 is 0. The van der Waals surface area contributed by atoms with E-state index in [1.165, 1.54) is 43.4 Å². The summed E-state index contributed by atoms with van der Waals surface area (Å²) in [5, 5.41) is 0. The summed E-state index contributed by atoms with van der Waals surface area (Å²) in [6.45, 7) is 4.56. The van der Waals surface area contributed by atoms with Crippen molar-refractivity contribution in [2.75, 3.05) is 13.6 Å². The lowest BCUT2D eigenvalue weighted by Crippen LogP contribution is -2.19. The maximum atomic E-state index is 2.44. The molecule has 0 fully saturated rings. The lowest BCUT2D eigenvalue weighted by Gasteiger charge is -2.17. The van der Waals surface area contributed by atoms with Crippen molar-refractivity contribution in [3.05, 3.63) is 34.9 Å². The van der Waals surface area contributed by atoms with Gasteiger partial charge in [-0.2, -0.15) is 0 Å². The van der Waals surface area contributed by atoms with Crippen LogP contribution in [0.4, 0.5) is 0 Å². The molecule has 0 N–H and O–H groups in total. The first kappa shape index (κ1) is 10.7. The van der Waals surface area contributed by atoms with Crippen molar-refractivity contribution in [1.29, 1.82) is 0 Å². The number of fused-ring (bicyclic) bond motifs is 1. The molecule has 0 radical (unpaired) electrons. The monoisotopic (exact) mass is 203 g/mol. The third kappa shape index (κ3) is 2.82. The van der Waals surface area contributed by atoms with Crippen LogP contribution in [-0.4, -0.2) is 18.5 Å². The van der Waals surface area contributed by atoms with E-state index in [0.717, 1.165) is 6.54 Å². The first-order valence-corrected chi connectivity index (χ1v) is 6.02. The molecule has 0 aromatic heterocycles. The maximum absolute atomic E-state index is 2.44. The van der Waals surface area contributed by atoms with Gasteiger partial charge in [0.25, 0.3) is 0 Å². The zero-order valence-electron chi connectivity index (χ0n) is 9.92. The van der Waals surface area contributed by atoms with Crippen LogP contribution in [0.3, 0.4) is 0 Å². The highest BCUT2D eigenvalue weighted by Gasteiger charge is 2.08. The second-order valence-electron chi connectivity index (χ2n) is 4.82. The SMILES string of the molecule is Cc1ccc2c(c1)CCCCCN(C)C2. The van der Waals surface area contributed by atoms with Crippen molar-refractivity contribution in [3.8, 4) is 0 Å². The lowest BCUT2D eigenvalue weighted by molar-refractivity contribution is 0.320. The van der Waals surface area contributed by atoms with Gasteiger partial charge in [0.1, 0.15) is 0 Å². The molecule has 0 saturated carbocycles. The zero-order chi connectivity index (χ0) is 10.7. The minimum atomic E-state index is 1.12. The normalized spacial score (nSPS) is 18.8. The number of hydrogen-bond acceptors (Lipinski definition) is 1. The van der Waals surface area contributed by atoms with Gasteiger partial charge < -0.3 is 4.90 Å². The van der Waals surface area contributed by atoms with E-state index in [1.54, 1.807) is 5.56 Å². The van der Waals surface area contributed by atoms with E-state index < -0.39 is 0 Å². The molecule has 1 nitrogen and oxygen atoms in total. The fraction of sp³-hybridized carbons (Fsp3) is 0.571. The summed E-state index contributed by atoms with van der Waals surface area (Å²) in [4.78, 5) is 2.44. The molecule has 0 unspecified atom stereocenters. The summed E-state index contributed by atoms with van der Waals surface area (Å²) in [5.41, 5.74) is 4.50. The molecule has 15 heavy (non-hydrogen) atoms. The van der Waals surface area contributed by atoms with Crippen molar-refractivity contribution in [2.24, 2.45) is 0 Å². The van der Waals surface area contributed by atoms with Crippen molar-refractivity contribution in [2.45, 2.75) is 39.2 Å². The highest BCUT2D eigenvalue weighted by atomic mass is 15.1. The summed E-state index contributed by atoms with van der Waals surface area (Å²) in [6, 6.07) is 6.92. The fourth-order valence-electron chi connectivity index (χ4n) is 2.39. The average molecular weight is 203 g/mol. The van der Waals surface area contributed by atoms with Crippen LogP contribution in [0.15, 0.2) is 18.2 Å². The Morgan fingerprint density at radius 2 is 1.93 bits per heavy atom. The number of aryl methyl sites for hydroxylation is 2. The maximum Gasteiger partial charge on any atom is 0.0233 e. The predicted molar refractivity (Wildman–Crippen MR) is 65.1 cm³/mol. The Morgan fingerprint density at radius 1 is 1.07 bits per heavy atom. The Labute approximate surface area is 93.1 Å². The number of nitrogens with zero attached hydrogens (tertiary/aromatic N) is 1. The van der Waals surface area contributed by atoms with Gasteiger partial charge in [-0.05, 0) is 50.9 Å². The molecule has 1 aliphatic rings. The molecule has 1 aromatic rings. The molecule has 0 amide bonds. The second-order valence-corrected chi connectivity index (χ2v) is 4.82. The van der Waals surface area contributed by atoms with Gasteiger partial charge in [-0.15, -0.1) is 0 Å². The van der Waals surface area contributed by atoms with Gasteiger partial charge in [0.05, 0.1) is 0 Å². The van der Waals surface area contributed by atoms with Gasteiger partial charge >= 0.3 is 0 Å². The predicted octanol–water partition coefficient (Wildman–Crippen LogP) is 3.15. The highest BCUT2D eigenvalue weighted by molar-refractivity contribution is 5.31. The van der Waals surface area contributed by atoms with Gasteiger partial charge in [0.15, 0.2) is 0 Å². The fourth-order valence-corrected chi connectivity index (χ4v) is 2.39. The van der Waals surface area contributed by atoms with Crippen molar-refractivity contribution in [3.63, 3.8) is 0 Å². The third-order valence-electron chi connectivity index (χ3n) is 3.29. The van der Waals surface area contributed by atoms with E-state index in [4.69, 9.17) is 0 Å². The summed E-state index contributed by atoms with van der Waals surface area (Å²) in [7, 11) is 2.23. The summed E-state index contributed by atoms with van der Waals surface area (Å²) in [6.07, 6.45) is 5.34. The van der Waals surface area contributed by atoms with Gasteiger partial charge in [-0.25, -0.2) is 0 Å². The Hall–Kier alpha value is -0.820. The van der Waals surface area contributed by atoms with Gasteiger partial charge in [-0.1, -0.05) is 30.2 Å². The smallest absolute Gasteiger partial charge is 0.0233 e. The molecular formula is C14H21N. The molecular weight excluding hydrogens is 182 g/mol. The Morgan fingerprint density at radius 3 is 2.80 bits per heavy atom. The van der Waals surface area contributed by atoms with Crippen molar-refractivity contribution >= 4 is 0 Å². The van der Waals surface area contributed by atoms with Crippen LogP contribution in [0.25, 0.3) is 0 Å². The van der Waals surface area contributed by atoms with E-state index in [0.29, 0.717) is 0 Å². The second kappa shape index (κ2) is 4.80. The standard InChI is InChI=1S/C14H21N/c1-12-7-8-14-11-15(2)9-5-3-4-6-13(14)10-12/h7-8,10H,3-6,9,11H2,1-2H3. The molecule has 0 saturated heterocycles. The molecule has 1 heteroatoms. The topological polar surface area (TPSA) is 3.24 Å².